The van der Waals surface area contributed by atoms with Gasteiger partial charge in [0.2, 0.25) is 0 Å². The zero-order chi connectivity index (χ0) is 31.3. The Morgan fingerprint density at radius 2 is 1.65 bits per heavy atom. The molecule has 2 aromatic carbocycles. The van der Waals surface area contributed by atoms with Crippen LogP contribution < -0.4 is 0 Å². The van der Waals surface area contributed by atoms with E-state index in [0.717, 1.165) is 24.6 Å². The van der Waals surface area contributed by atoms with Crippen molar-refractivity contribution in [3.63, 3.8) is 0 Å². The summed E-state index contributed by atoms with van der Waals surface area (Å²) < 4.78 is 65.4. The largest absolute Gasteiger partial charge is 0.463 e. The lowest BCUT2D eigenvalue weighted by atomic mass is 9.96. The van der Waals surface area contributed by atoms with Crippen molar-refractivity contribution in [2.75, 3.05) is 12.4 Å². The fraction of sp³-hybridized carbons (Fsp3) is 0.393. The highest BCUT2D eigenvalue weighted by atomic mass is 35.5. The van der Waals surface area contributed by atoms with Gasteiger partial charge in [-0.15, -0.1) is 16.9 Å². The van der Waals surface area contributed by atoms with Gasteiger partial charge in [0.25, 0.3) is 0 Å². The predicted molar refractivity (Wildman–Crippen MR) is 148 cm³/mol. The summed E-state index contributed by atoms with van der Waals surface area (Å²) in [6, 6.07) is 7.69. The number of ether oxygens (including phenoxy) is 4. The number of nitrogens with zero attached hydrogens (tertiary/aromatic N) is 3. The van der Waals surface area contributed by atoms with Crippen LogP contribution in [0.5, 0.6) is 0 Å². The van der Waals surface area contributed by atoms with Crippen LogP contribution in [0, 0.1) is 17.5 Å². The summed E-state index contributed by atoms with van der Waals surface area (Å²) in [5.41, 5.74) is -0.184. The third kappa shape index (κ3) is 8.06. The van der Waals surface area contributed by atoms with Gasteiger partial charge < -0.3 is 18.9 Å². The quantitative estimate of drug-likeness (QED) is 0.175. The zero-order valence-corrected chi connectivity index (χ0v) is 24.7. The van der Waals surface area contributed by atoms with E-state index in [1.807, 2.05) is 12.1 Å². The Labute approximate surface area is 253 Å². The molecular weight excluding hydrogens is 615 g/mol. The first kappa shape index (κ1) is 32.3. The zero-order valence-electron chi connectivity index (χ0n) is 23.2. The molecular formula is C28H27ClF3N3O7S. The van der Waals surface area contributed by atoms with Crippen molar-refractivity contribution in [1.29, 1.82) is 0 Å². The van der Waals surface area contributed by atoms with Crippen LogP contribution >= 0.6 is 23.4 Å². The number of carbonyl (C=O) groups excluding carboxylic acids is 3. The Hall–Kier alpha value is -3.62. The SMILES string of the molecule is CC(=O)OC[C@H]1O[C@H](SCCc2ccccc2Cl)[C@H](OC(C)=O)[C@@H](n2cc(-c3cc(F)c(F)c(F)c3)nn2)[C@H]1OC(C)=O. The van der Waals surface area contributed by atoms with Crippen molar-refractivity contribution in [3.05, 3.63) is 70.6 Å². The Bertz CT molecular complexity index is 1470. The van der Waals surface area contributed by atoms with Gasteiger partial charge >= 0.3 is 17.9 Å². The molecule has 1 saturated heterocycles. The van der Waals surface area contributed by atoms with Crippen molar-refractivity contribution < 1.29 is 46.5 Å². The van der Waals surface area contributed by atoms with Gasteiger partial charge in [0, 0.05) is 37.1 Å². The molecule has 230 valence electrons. The summed E-state index contributed by atoms with van der Waals surface area (Å²) in [5.74, 6) is -6.07. The second kappa shape index (κ2) is 14.2. The van der Waals surface area contributed by atoms with E-state index >= 15 is 0 Å². The first-order valence-electron chi connectivity index (χ1n) is 13.0. The average Bonchev–Trinajstić information content (AvgIpc) is 3.42. The number of hydrogen-bond donors (Lipinski definition) is 0. The standard InChI is InChI=1S/C28H27ClF3N3O7S/c1-14(36)39-13-23-26(40-15(2)37)25(35-12-22(33-34-35)18-10-20(30)24(32)21(31)11-18)27(41-16(3)38)28(42-23)43-9-8-17-6-4-5-7-19(17)29/h4-7,10-12,23,25-28H,8-9,13H2,1-3H3/t23-,25+,26+,27-,28-/m1/s1. The van der Waals surface area contributed by atoms with Crippen LogP contribution in [0.3, 0.4) is 0 Å². The second-order valence-electron chi connectivity index (χ2n) is 9.53. The maximum absolute atomic E-state index is 14.0. The minimum absolute atomic E-state index is 0.0492. The number of halogens is 4. The lowest BCUT2D eigenvalue weighted by molar-refractivity contribution is -0.212. The van der Waals surface area contributed by atoms with Gasteiger partial charge in [-0.25, -0.2) is 17.9 Å². The number of esters is 3. The first-order chi connectivity index (χ1) is 20.4. The third-order valence-corrected chi connectivity index (χ3v) is 7.89. The van der Waals surface area contributed by atoms with Gasteiger partial charge in [0.1, 0.15) is 29.9 Å². The van der Waals surface area contributed by atoms with E-state index in [1.165, 1.54) is 36.5 Å². The van der Waals surface area contributed by atoms with E-state index in [2.05, 4.69) is 10.3 Å². The fourth-order valence-corrected chi connectivity index (χ4v) is 5.99. The van der Waals surface area contributed by atoms with Gasteiger partial charge in [0.05, 0.1) is 6.20 Å². The molecule has 15 heteroatoms. The highest BCUT2D eigenvalue weighted by Gasteiger charge is 2.51. The highest BCUT2D eigenvalue weighted by molar-refractivity contribution is 7.99. The second-order valence-corrected chi connectivity index (χ2v) is 11.1. The Morgan fingerprint density at radius 3 is 2.28 bits per heavy atom. The van der Waals surface area contributed by atoms with Gasteiger partial charge in [-0.1, -0.05) is 35.0 Å². The van der Waals surface area contributed by atoms with E-state index in [1.54, 1.807) is 12.1 Å². The average molecular weight is 642 g/mol. The van der Waals surface area contributed by atoms with Crippen LogP contribution in [0.25, 0.3) is 11.3 Å². The summed E-state index contributed by atoms with van der Waals surface area (Å²) in [5, 5.41) is 8.61. The number of aryl methyl sites for hydroxylation is 1. The molecule has 1 fully saturated rings. The molecule has 10 nitrogen and oxygen atoms in total. The van der Waals surface area contributed by atoms with Crippen LogP contribution in [0.1, 0.15) is 32.4 Å². The number of benzene rings is 2. The van der Waals surface area contributed by atoms with E-state index in [9.17, 15) is 27.6 Å². The minimum Gasteiger partial charge on any atom is -0.463 e. The molecule has 1 aliphatic heterocycles. The predicted octanol–water partition coefficient (Wildman–Crippen LogP) is 4.68. The molecule has 0 spiro atoms. The number of rotatable bonds is 10. The molecule has 0 radical (unpaired) electrons. The highest BCUT2D eigenvalue weighted by Crippen LogP contribution is 2.39. The van der Waals surface area contributed by atoms with Crippen molar-refractivity contribution in [2.24, 2.45) is 0 Å². The molecule has 0 amide bonds. The lowest BCUT2D eigenvalue weighted by Gasteiger charge is -2.44. The van der Waals surface area contributed by atoms with E-state index in [-0.39, 0.29) is 17.9 Å². The summed E-state index contributed by atoms with van der Waals surface area (Å²) in [4.78, 5) is 36.2. The molecule has 0 aliphatic carbocycles. The molecule has 0 N–H and O–H groups in total. The van der Waals surface area contributed by atoms with Crippen LogP contribution in [0.15, 0.2) is 42.6 Å². The minimum atomic E-state index is -1.64. The smallest absolute Gasteiger partial charge is 0.303 e. The Balaban J connectivity index is 1.73. The maximum atomic E-state index is 14.0. The summed E-state index contributed by atoms with van der Waals surface area (Å²) in [6.45, 7) is 3.21. The van der Waals surface area contributed by atoms with Gasteiger partial charge in [-0.2, -0.15) is 0 Å². The molecule has 5 atom stereocenters. The topological polar surface area (TPSA) is 119 Å². The molecule has 0 unspecified atom stereocenters. The summed E-state index contributed by atoms with van der Waals surface area (Å²) in [6.07, 6.45) is -1.60. The van der Waals surface area contributed by atoms with Gasteiger partial charge in [0.15, 0.2) is 29.7 Å². The monoisotopic (exact) mass is 641 g/mol. The van der Waals surface area contributed by atoms with E-state index in [0.29, 0.717) is 17.2 Å². The van der Waals surface area contributed by atoms with Gasteiger partial charge in [-0.05, 0) is 30.2 Å². The maximum Gasteiger partial charge on any atom is 0.303 e. The fourth-order valence-electron chi connectivity index (χ4n) is 4.56. The summed E-state index contributed by atoms with van der Waals surface area (Å²) in [7, 11) is 0. The van der Waals surface area contributed by atoms with Crippen LogP contribution in [-0.4, -0.2) is 69.0 Å². The Morgan fingerprint density at radius 1 is 1.00 bits per heavy atom. The van der Waals surface area contributed by atoms with Crippen molar-refractivity contribution in [3.8, 4) is 11.3 Å². The normalized spacial score (nSPS) is 21.7. The van der Waals surface area contributed by atoms with Crippen molar-refractivity contribution in [1.82, 2.24) is 15.0 Å². The summed E-state index contributed by atoms with van der Waals surface area (Å²) >= 11 is 7.57. The van der Waals surface area contributed by atoms with E-state index in [4.69, 9.17) is 30.5 Å². The molecule has 4 rings (SSSR count). The van der Waals surface area contributed by atoms with Crippen molar-refractivity contribution >= 4 is 41.3 Å². The molecule has 3 aromatic rings. The number of aromatic nitrogens is 3. The molecule has 2 heterocycles. The molecule has 0 bridgehead atoms. The van der Waals surface area contributed by atoms with Gasteiger partial charge in [-0.3, -0.25) is 14.4 Å². The molecule has 1 aliphatic rings. The lowest BCUT2D eigenvalue weighted by Crippen LogP contribution is -2.58. The third-order valence-electron chi connectivity index (χ3n) is 6.38. The van der Waals surface area contributed by atoms with Crippen LogP contribution in [0.2, 0.25) is 5.02 Å². The Kier molecular flexibility index (Phi) is 10.7. The number of carbonyl (C=O) groups is 3. The number of thioether (sulfide) groups is 1. The van der Waals surface area contributed by atoms with Crippen molar-refractivity contribution in [2.45, 2.75) is 57.0 Å². The molecule has 1 aromatic heterocycles. The van der Waals surface area contributed by atoms with Crippen LogP contribution in [-0.2, 0) is 39.8 Å². The first-order valence-corrected chi connectivity index (χ1v) is 14.4. The number of hydrogen-bond acceptors (Lipinski definition) is 10. The van der Waals surface area contributed by atoms with E-state index < -0.39 is 65.1 Å². The molecule has 43 heavy (non-hydrogen) atoms. The van der Waals surface area contributed by atoms with Crippen LogP contribution in [0.4, 0.5) is 13.2 Å². The molecule has 0 saturated carbocycles.